The van der Waals surface area contributed by atoms with Crippen LogP contribution < -0.4 is 15.2 Å². The maximum Gasteiger partial charge on any atom is 0.392 e. The van der Waals surface area contributed by atoms with Gasteiger partial charge in [0.05, 0.1) is 20.1 Å². The summed E-state index contributed by atoms with van der Waals surface area (Å²) in [6, 6.07) is 4.53. The molecule has 0 aromatic heterocycles. The molecule has 0 aliphatic rings. The first-order chi connectivity index (χ1) is 8.31. The van der Waals surface area contributed by atoms with Crippen molar-refractivity contribution in [3.63, 3.8) is 0 Å². The van der Waals surface area contributed by atoms with E-state index in [4.69, 9.17) is 27.4 Å². The van der Waals surface area contributed by atoms with Crippen LogP contribution in [0.1, 0.15) is 12.0 Å². The van der Waals surface area contributed by atoms with Crippen LogP contribution in [0.15, 0.2) is 18.2 Å². The van der Waals surface area contributed by atoms with Gasteiger partial charge in [-0.15, -0.1) is 0 Å². The SMILES string of the molecule is COc1cc(OCCC(F)(F)F)cc(C(N)=S)c1. The molecular formula is C11H12F3NO2S. The van der Waals surface area contributed by atoms with Crippen LogP contribution in [0, 0.1) is 0 Å². The van der Waals surface area contributed by atoms with Crippen LogP contribution in [0.2, 0.25) is 0 Å². The second-order valence-electron chi connectivity index (χ2n) is 3.48. The van der Waals surface area contributed by atoms with Crippen LogP contribution >= 0.6 is 12.2 Å². The van der Waals surface area contributed by atoms with E-state index in [2.05, 4.69) is 0 Å². The summed E-state index contributed by atoms with van der Waals surface area (Å²) in [7, 11) is 1.43. The van der Waals surface area contributed by atoms with Crippen LogP contribution in [-0.2, 0) is 0 Å². The smallest absolute Gasteiger partial charge is 0.392 e. The number of ether oxygens (including phenoxy) is 2. The van der Waals surface area contributed by atoms with Gasteiger partial charge in [-0.05, 0) is 12.1 Å². The van der Waals surface area contributed by atoms with Crippen molar-refractivity contribution in [2.24, 2.45) is 5.73 Å². The van der Waals surface area contributed by atoms with Gasteiger partial charge in [-0.1, -0.05) is 12.2 Å². The zero-order valence-corrected chi connectivity index (χ0v) is 10.4. The summed E-state index contributed by atoms with van der Waals surface area (Å²) in [5.74, 6) is 0.656. The monoisotopic (exact) mass is 279 g/mol. The maximum atomic E-state index is 12.0. The summed E-state index contributed by atoms with van der Waals surface area (Å²) in [5, 5.41) is 0. The maximum absolute atomic E-state index is 12.0. The van der Waals surface area contributed by atoms with Crippen molar-refractivity contribution in [1.82, 2.24) is 0 Å². The van der Waals surface area contributed by atoms with E-state index in [1.165, 1.54) is 19.2 Å². The molecule has 0 radical (unpaired) electrons. The molecule has 0 heterocycles. The van der Waals surface area contributed by atoms with Crippen molar-refractivity contribution >= 4 is 17.2 Å². The molecule has 0 atom stereocenters. The average molecular weight is 279 g/mol. The molecule has 7 heteroatoms. The van der Waals surface area contributed by atoms with E-state index in [0.29, 0.717) is 11.3 Å². The third-order valence-corrected chi connectivity index (χ3v) is 2.29. The lowest BCUT2D eigenvalue weighted by Gasteiger charge is -2.11. The number of halogens is 3. The van der Waals surface area contributed by atoms with E-state index in [9.17, 15) is 13.2 Å². The Bertz CT molecular complexity index is 435. The fourth-order valence-electron chi connectivity index (χ4n) is 1.20. The first kappa shape index (κ1) is 14.6. The Kier molecular flexibility index (Phi) is 4.77. The van der Waals surface area contributed by atoms with E-state index < -0.39 is 19.2 Å². The molecule has 0 saturated carbocycles. The minimum absolute atomic E-state index is 0.120. The third kappa shape index (κ3) is 4.79. The molecule has 2 N–H and O–H groups in total. The van der Waals surface area contributed by atoms with Crippen LogP contribution in [-0.4, -0.2) is 24.9 Å². The summed E-state index contributed by atoms with van der Waals surface area (Å²) in [5.41, 5.74) is 5.92. The van der Waals surface area contributed by atoms with Gasteiger partial charge in [-0.25, -0.2) is 0 Å². The molecule has 0 aliphatic heterocycles. The topological polar surface area (TPSA) is 44.5 Å². The Labute approximate surface area is 108 Å². The zero-order valence-electron chi connectivity index (χ0n) is 9.58. The van der Waals surface area contributed by atoms with Crippen molar-refractivity contribution in [3.8, 4) is 11.5 Å². The third-order valence-electron chi connectivity index (χ3n) is 2.05. The van der Waals surface area contributed by atoms with Gasteiger partial charge in [0.2, 0.25) is 0 Å². The standard InChI is InChI=1S/C11H12F3NO2S/c1-16-8-4-7(10(15)18)5-9(6-8)17-3-2-11(12,13)14/h4-6H,2-3H2,1H3,(H2,15,18). The van der Waals surface area contributed by atoms with Crippen molar-refractivity contribution in [1.29, 1.82) is 0 Å². The number of thiocarbonyl (C=S) groups is 1. The molecule has 0 aliphatic carbocycles. The number of hydrogen-bond donors (Lipinski definition) is 1. The van der Waals surface area contributed by atoms with Crippen LogP contribution in [0.5, 0.6) is 11.5 Å². The lowest BCUT2D eigenvalue weighted by molar-refractivity contribution is -0.139. The van der Waals surface area contributed by atoms with Gasteiger partial charge in [-0.3, -0.25) is 0 Å². The first-order valence-corrected chi connectivity index (χ1v) is 5.41. The van der Waals surface area contributed by atoms with Gasteiger partial charge in [0.1, 0.15) is 16.5 Å². The summed E-state index contributed by atoms with van der Waals surface area (Å²) in [6.45, 7) is -0.465. The Morgan fingerprint density at radius 2 is 1.89 bits per heavy atom. The summed E-state index contributed by atoms with van der Waals surface area (Å²) in [6.07, 6.45) is -5.27. The molecule has 18 heavy (non-hydrogen) atoms. The average Bonchev–Trinajstić information content (AvgIpc) is 2.26. The summed E-state index contributed by atoms with van der Waals surface area (Å²) < 4.78 is 45.9. The zero-order chi connectivity index (χ0) is 13.8. The Morgan fingerprint density at radius 1 is 1.28 bits per heavy atom. The predicted octanol–water partition coefficient (Wildman–Crippen LogP) is 2.66. The Hall–Kier alpha value is -1.50. The van der Waals surface area contributed by atoms with E-state index >= 15 is 0 Å². The van der Waals surface area contributed by atoms with E-state index in [1.54, 1.807) is 6.07 Å². The molecule has 0 bridgehead atoms. The van der Waals surface area contributed by atoms with Crippen LogP contribution in [0.25, 0.3) is 0 Å². The normalized spacial score (nSPS) is 11.1. The van der Waals surface area contributed by atoms with E-state index in [0.717, 1.165) is 0 Å². The van der Waals surface area contributed by atoms with Crippen molar-refractivity contribution < 1.29 is 22.6 Å². The summed E-state index contributed by atoms with van der Waals surface area (Å²) in [4.78, 5) is 0.120. The van der Waals surface area contributed by atoms with Gasteiger partial charge < -0.3 is 15.2 Å². The second-order valence-corrected chi connectivity index (χ2v) is 3.91. The minimum atomic E-state index is -4.25. The molecular weight excluding hydrogens is 267 g/mol. The van der Waals surface area contributed by atoms with Crippen LogP contribution in [0.3, 0.4) is 0 Å². The van der Waals surface area contributed by atoms with Gasteiger partial charge in [0.15, 0.2) is 0 Å². The molecule has 0 fully saturated rings. The second kappa shape index (κ2) is 5.90. The number of alkyl halides is 3. The van der Waals surface area contributed by atoms with Crippen molar-refractivity contribution in [2.45, 2.75) is 12.6 Å². The van der Waals surface area contributed by atoms with Gasteiger partial charge >= 0.3 is 6.18 Å². The van der Waals surface area contributed by atoms with Crippen LogP contribution in [0.4, 0.5) is 13.2 Å². The van der Waals surface area contributed by atoms with Crippen molar-refractivity contribution in [2.75, 3.05) is 13.7 Å². The number of methoxy groups -OCH3 is 1. The molecule has 1 aromatic carbocycles. The Morgan fingerprint density at radius 3 is 2.39 bits per heavy atom. The molecule has 1 rings (SSSR count). The molecule has 0 amide bonds. The summed E-state index contributed by atoms with van der Waals surface area (Å²) >= 11 is 4.79. The lowest BCUT2D eigenvalue weighted by atomic mass is 10.2. The predicted molar refractivity (Wildman–Crippen MR) is 65.0 cm³/mol. The lowest BCUT2D eigenvalue weighted by Crippen LogP contribution is -2.14. The molecule has 3 nitrogen and oxygen atoms in total. The largest absolute Gasteiger partial charge is 0.497 e. The van der Waals surface area contributed by atoms with Gasteiger partial charge in [0.25, 0.3) is 0 Å². The number of nitrogens with two attached hydrogens (primary N) is 1. The first-order valence-electron chi connectivity index (χ1n) is 5.00. The fourth-order valence-corrected chi connectivity index (χ4v) is 1.32. The number of hydrogen-bond acceptors (Lipinski definition) is 3. The highest BCUT2D eigenvalue weighted by Gasteiger charge is 2.26. The number of benzene rings is 1. The molecule has 100 valence electrons. The number of rotatable bonds is 5. The highest BCUT2D eigenvalue weighted by Crippen LogP contribution is 2.24. The molecule has 0 saturated heterocycles. The van der Waals surface area contributed by atoms with E-state index in [-0.39, 0.29) is 10.7 Å². The van der Waals surface area contributed by atoms with Gasteiger partial charge in [0, 0.05) is 11.6 Å². The molecule has 0 spiro atoms. The molecule has 1 aromatic rings. The fraction of sp³-hybridized carbons (Fsp3) is 0.364. The molecule has 0 unspecified atom stereocenters. The quantitative estimate of drug-likeness (QED) is 0.842. The van der Waals surface area contributed by atoms with Gasteiger partial charge in [-0.2, -0.15) is 13.2 Å². The Balaban J connectivity index is 2.76. The minimum Gasteiger partial charge on any atom is -0.497 e. The highest BCUT2D eigenvalue weighted by atomic mass is 32.1. The highest BCUT2D eigenvalue weighted by molar-refractivity contribution is 7.80. The van der Waals surface area contributed by atoms with E-state index in [1.807, 2.05) is 0 Å². The van der Waals surface area contributed by atoms with Crippen molar-refractivity contribution in [3.05, 3.63) is 23.8 Å².